The van der Waals surface area contributed by atoms with Crippen LogP contribution in [0.4, 0.5) is 5.69 Å². The zero-order chi connectivity index (χ0) is 12.4. The third-order valence-corrected chi connectivity index (χ3v) is 4.02. The Bertz CT molecular complexity index is 427. The fraction of sp³-hybridized carbons (Fsp3) is 0.462. The van der Waals surface area contributed by atoms with Crippen molar-refractivity contribution in [2.24, 2.45) is 5.73 Å². The molecule has 0 aromatic heterocycles. The van der Waals surface area contributed by atoms with Crippen molar-refractivity contribution in [1.29, 1.82) is 0 Å². The van der Waals surface area contributed by atoms with Gasteiger partial charge >= 0.3 is 0 Å². The summed E-state index contributed by atoms with van der Waals surface area (Å²) in [6, 6.07) is 6.41. The van der Waals surface area contributed by atoms with E-state index in [4.69, 9.17) is 29.6 Å². The van der Waals surface area contributed by atoms with Gasteiger partial charge in [-0.05, 0) is 31.0 Å². The Morgan fingerprint density at radius 3 is 2.59 bits per heavy atom. The fourth-order valence-electron chi connectivity index (χ4n) is 2.43. The average molecular weight is 269 g/mol. The van der Waals surface area contributed by atoms with Gasteiger partial charge in [0.2, 0.25) is 0 Å². The Hall–Kier alpha value is -0.800. The largest absolute Gasteiger partial charge is 0.389 e. The van der Waals surface area contributed by atoms with Crippen molar-refractivity contribution in [1.82, 2.24) is 0 Å². The van der Waals surface area contributed by atoms with E-state index in [1.807, 2.05) is 18.2 Å². The molecule has 0 saturated heterocycles. The monoisotopic (exact) mass is 268 g/mol. The second-order valence-electron chi connectivity index (χ2n) is 4.58. The van der Waals surface area contributed by atoms with Crippen molar-refractivity contribution in [3.63, 3.8) is 0 Å². The number of thiocarbonyl (C=S) groups is 1. The number of halogens is 1. The summed E-state index contributed by atoms with van der Waals surface area (Å²) >= 11 is 11.2. The van der Waals surface area contributed by atoms with Gasteiger partial charge in [-0.2, -0.15) is 0 Å². The lowest BCUT2D eigenvalue weighted by atomic mass is 10.1. The zero-order valence-electron chi connectivity index (χ0n) is 9.95. The van der Waals surface area contributed by atoms with Crippen LogP contribution >= 0.6 is 23.8 Å². The fourth-order valence-corrected chi connectivity index (χ4v) is 2.88. The predicted octanol–water partition coefficient (Wildman–Crippen LogP) is 3.35. The van der Waals surface area contributed by atoms with E-state index < -0.39 is 0 Å². The maximum absolute atomic E-state index is 6.29. The lowest BCUT2D eigenvalue weighted by molar-refractivity contribution is 0.653. The minimum absolute atomic E-state index is 0.391. The second kappa shape index (κ2) is 5.23. The zero-order valence-corrected chi connectivity index (χ0v) is 11.5. The first-order valence-corrected chi connectivity index (χ1v) is 6.70. The van der Waals surface area contributed by atoms with Crippen LogP contribution in [0.5, 0.6) is 0 Å². The molecule has 0 bridgehead atoms. The van der Waals surface area contributed by atoms with E-state index in [0.29, 0.717) is 11.0 Å². The van der Waals surface area contributed by atoms with Gasteiger partial charge in [0.1, 0.15) is 4.99 Å². The summed E-state index contributed by atoms with van der Waals surface area (Å²) < 4.78 is 0. The first-order valence-electron chi connectivity index (χ1n) is 5.92. The summed E-state index contributed by atoms with van der Waals surface area (Å²) in [5, 5.41) is 0.727. The molecule has 17 heavy (non-hydrogen) atoms. The van der Waals surface area contributed by atoms with Crippen molar-refractivity contribution in [2.75, 3.05) is 11.9 Å². The van der Waals surface area contributed by atoms with Crippen LogP contribution in [0.1, 0.15) is 31.2 Å². The third kappa shape index (κ3) is 2.72. The van der Waals surface area contributed by atoms with Gasteiger partial charge in [-0.15, -0.1) is 0 Å². The van der Waals surface area contributed by atoms with Crippen LogP contribution in [0.25, 0.3) is 0 Å². The van der Waals surface area contributed by atoms with Crippen molar-refractivity contribution in [2.45, 2.75) is 31.7 Å². The number of anilines is 1. The topological polar surface area (TPSA) is 29.3 Å². The van der Waals surface area contributed by atoms with Gasteiger partial charge in [0.25, 0.3) is 0 Å². The summed E-state index contributed by atoms with van der Waals surface area (Å²) in [5.74, 6) is 0. The number of nitrogens with two attached hydrogens (primary N) is 1. The Morgan fingerprint density at radius 1 is 1.41 bits per heavy atom. The van der Waals surface area contributed by atoms with Crippen LogP contribution < -0.4 is 10.6 Å². The Labute approximate surface area is 113 Å². The van der Waals surface area contributed by atoms with Gasteiger partial charge < -0.3 is 10.6 Å². The molecule has 1 saturated carbocycles. The van der Waals surface area contributed by atoms with Crippen molar-refractivity contribution >= 4 is 34.5 Å². The molecule has 2 N–H and O–H groups in total. The molecular formula is C13H17ClN2S. The van der Waals surface area contributed by atoms with Crippen molar-refractivity contribution < 1.29 is 0 Å². The van der Waals surface area contributed by atoms with E-state index in [0.717, 1.165) is 16.3 Å². The van der Waals surface area contributed by atoms with Crippen molar-refractivity contribution in [3.05, 3.63) is 28.8 Å². The highest BCUT2D eigenvalue weighted by atomic mass is 35.5. The Kier molecular flexibility index (Phi) is 3.89. The van der Waals surface area contributed by atoms with E-state index in [1.54, 1.807) is 0 Å². The summed E-state index contributed by atoms with van der Waals surface area (Å²) in [6.07, 6.45) is 5.14. The lowest BCUT2D eigenvalue weighted by Crippen LogP contribution is -2.29. The molecule has 0 amide bonds. The lowest BCUT2D eigenvalue weighted by Gasteiger charge is -2.27. The SMILES string of the molecule is CN(c1ccc(C(N)=S)cc1Cl)C1CCCC1. The molecular weight excluding hydrogens is 252 g/mol. The summed E-state index contributed by atoms with van der Waals surface area (Å²) in [6.45, 7) is 0. The van der Waals surface area contributed by atoms with E-state index >= 15 is 0 Å². The van der Waals surface area contributed by atoms with Crippen LogP contribution in [0.15, 0.2) is 18.2 Å². The molecule has 1 aromatic rings. The highest BCUT2D eigenvalue weighted by molar-refractivity contribution is 7.80. The molecule has 2 rings (SSSR count). The normalized spacial score (nSPS) is 16.1. The second-order valence-corrected chi connectivity index (χ2v) is 5.43. The van der Waals surface area contributed by atoms with Crippen LogP contribution in [0.3, 0.4) is 0 Å². The van der Waals surface area contributed by atoms with Gasteiger partial charge in [-0.25, -0.2) is 0 Å². The number of nitrogens with zero attached hydrogens (tertiary/aromatic N) is 1. The van der Waals surface area contributed by atoms with Gasteiger partial charge in [-0.3, -0.25) is 0 Å². The smallest absolute Gasteiger partial charge is 0.104 e. The molecule has 0 atom stereocenters. The molecule has 0 unspecified atom stereocenters. The molecule has 1 aliphatic rings. The van der Waals surface area contributed by atoms with Crippen molar-refractivity contribution in [3.8, 4) is 0 Å². The number of rotatable bonds is 3. The molecule has 1 aromatic carbocycles. The molecule has 1 fully saturated rings. The summed E-state index contributed by atoms with van der Waals surface area (Å²) in [5.41, 5.74) is 7.49. The number of hydrogen-bond donors (Lipinski definition) is 1. The first-order chi connectivity index (χ1) is 8.09. The van der Waals surface area contributed by atoms with Gasteiger partial charge in [0, 0.05) is 18.7 Å². The average Bonchev–Trinajstić information content (AvgIpc) is 2.81. The van der Waals surface area contributed by atoms with E-state index in [-0.39, 0.29) is 0 Å². The first kappa shape index (κ1) is 12.7. The molecule has 2 nitrogen and oxygen atoms in total. The molecule has 0 radical (unpaired) electrons. The number of hydrogen-bond acceptors (Lipinski definition) is 2. The molecule has 0 heterocycles. The minimum Gasteiger partial charge on any atom is -0.389 e. The summed E-state index contributed by atoms with van der Waals surface area (Å²) in [4.78, 5) is 2.67. The van der Waals surface area contributed by atoms with Gasteiger partial charge in [0.15, 0.2) is 0 Å². The summed E-state index contributed by atoms with van der Waals surface area (Å²) in [7, 11) is 2.11. The molecule has 0 aliphatic heterocycles. The maximum Gasteiger partial charge on any atom is 0.104 e. The standard InChI is InChI=1S/C13H17ClN2S/c1-16(10-4-2-3-5-10)12-7-6-9(13(15)17)8-11(12)14/h6-8,10H,2-5H2,1H3,(H2,15,17). The highest BCUT2D eigenvalue weighted by Crippen LogP contribution is 2.32. The Morgan fingerprint density at radius 2 is 2.06 bits per heavy atom. The quantitative estimate of drug-likeness (QED) is 0.853. The van der Waals surface area contributed by atoms with Gasteiger partial charge in [0.05, 0.1) is 10.7 Å². The van der Waals surface area contributed by atoms with Crippen LogP contribution in [0.2, 0.25) is 5.02 Å². The molecule has 92 valence electrons. The highest BCUT2D eigenvalue weighted by Gasteiger charge is 2.21. The molecule has 4 heteroatoms. The predicted molar refractivity (Wildman–Crippen MR) is 78.0 cm³/mol. The van der Waals surface area contributed by atoms with Crippen LogP contribution in [0, 0.1) is 0 Å². The molecule has 0 spiro atoms. The van der Waals surface area contributed by atoms with E-state index in [1.165, 1.54) is 25.7 Å². The van der Waals surface area contributed by atoms with Crippen LogP contribution in [-0.4, -0.2) is 18.1 Å². The third-order valence-electron chi connectivity index (χ3n) is 3.48. The van der Waals surface area contributed by atoms with E-state index in [2.05, 4.69) is 11.9 Å². The Balaban J connectivity index is 2.23. The molecule has 1 aliphatic carbocycles. The maximum atomic E-state index is 6.29. The van der Waals surface area contributed by atoms with Crippen LogP contribution in [-0.2, 0) is 0 Å². The number of benzene rings is 1. The minimum atomic E-state index is 0.391. The van der Waals surface area contributed by atoms with Gasteiger partial charge in [-0.1, -0.05) is 36.7 Å². The van der Waals surface area contributed by atoms with E-state index in [9.17, 15) is 0 Å².